The summed E-state index contributed by atoms with van der Waals surface area (Å²) in [5.74, 6) is -0.738. The number of nitrogens with one attached hydrogen (secondary N) is 1. The first-order chi connectivity index (χ1) is 11.9. The zero-order valence-electron chi connectivity index (χ0n) is 13.1. The van der Waals surface area contributed by atoms with Gasteiger partial charge < -0.3 is 9.88 Å². The third kappa shape index (κ3) is 4.14. The lowest BCUT2D eigenvalue weighted by molar-refractivity contribution is -0.140. The number of carbonyl (C=O) groups is 1. The Morgan fingerprint density at radius 2 is 1.88 bits per heavy atom. The monoisotopic (exact) mass is 348 g/mol. The van der Waals surface area contributed by atoms with Crippen LogP contribution in [0.5, 0.6) is 0 Å². The minimum absolute atomic E-state index is 0.0330. The Hall–Kier alpha value is -2.90. The summed E-state index contributed by atoms with van der Waals surface area (Å²) in [6.07, 6.45) is 1.23. The normalized spacial score (nSPS) is 11.6. The van der Waals surface area contributed by atoms with Gasteiger partial charge in [-0.1, -0.05) is 18.2 Å². The maximum atomic E-state index is 12.9. The highest BCUT2D eigenvalue weighted by Crippen LogP contribution is 2.21. The second kappa shape index (κ2) is 6.92. The molecule has 2 heterocycles. The van der Waals surface area contributed by atoms with Crippen LogP contribution in [0.2, 0.25) is 0 Å². The van der Waals surface area contributed by atoms with Crippen molar-refractivity contribution in [2.45, 2.75) is 12.6 Å². The maximum Gasteiger partial charge on any atom is 0.406 e. The number of fused-ring (bicyclic) bond motifs is 1. The number of amides is 1. The molecule has 8 heteroatoms. The molecule has 0 aliphatic carbocycles. The predicted octanol–water partition coefficient (Wildman–Crippen LogP) is 3.21. The van der Waals surface area contributed by atoms with Crippen molar-refractivity contribution >= 4 is 16.8 Å². The molecule has 1 N–H and O–H groups in total. The second-order valence-electron chi connectivity index (χ2n) is 5.58. The first kappa shape index (κ1) is 16.9. The van der Waals surface area contributed by atoms with Gasteiger partial charge in [-0.15, -0.1) is 0 Å². The standard InChI is InChI=1S/C17H15F3N4O/c18-17(19,20)10-24(16(25)13-7-21-11-22-8-13)6-5-12-9-23-15-4-2-1-3-14(12)15/h1-4,7-9,11,23H,5-6,10H2. The molecule has 0 bridgehead atoms. The molecule has 3 rings (SSSR count). The zero-order valence-corrected chi connectivity index (χ0v) is 13.1. The molecule has 0 saturated carbocycles. The van der Waals surface area contributed by atoms with Crippen molar-refractivity contribution in [3.05, 3.63) is 60.3 Å². The summed E-state index contributed by atoms with van der Waals surface area (Å²) in [5, 5.41) is 0.935. The van der Waals surface area contributed by atoms with E-state index in [-0.39, 0.29) is 12.1 Å². The molecule has 1 amide bonds. The molecule has 130 valence electrons. The Labute approximate surface area is 141 Å². The molecule has 0 fully saturated rings. The zero-order chi connectivity index (χ0) is 17.9. The average molecular weight is 348 g/mol. The number of para-hydroxylation sites is 1. The summed E-state index contributed by atoms with van der Waals surface area (Å²) in [5.41, 5.74) is 1.80. The molecule has 0 aliphatic rings. The van der Waals surface area contributed by atoms with Crippen molar-refractivity contribution in [2.75, 3.05) is 13.1 Å². The third-order valence-electron chi connectivity index (χ3n) is 3.79. The Morgan fingerprint density at radius 3 is 2.60 bits per heavy atom. The van der Waals surface area contributed by atoms with Crippen LogP contribution in [-0.4, -0.2) is 45.0 Å². The highest BCUT2D eigenvalue weighted by atomic mass is 19.4. The van der Waals surface area contributed by atoms with Crippen molar-refractivity contribution in [3.8, 4) is 0 Å². The molecule has 2 aromatic heterocycles. The van der Waals surface area contributed by atoms with Crippen LogP contribution in [0.1, 0.15) is 15.9 Å². The van der Waals surface area contributed by atoms with E-state index in [2.05, 4.69) is 15.0 Å². The SMILES string of the molecule is O=C(c1cncnc1)N(CCc1c[nH]c2ccccc12)CC(F)(F)F. The van der Waals surface area contributed by atoms with Crippen molar-refractivity contribution in [1.29, 1.82) is 0 Å². The summed E-state index contributed by atoms with van der Waals surface area (Å²) in [6.45, 7) is -1.38. The van der Waals surface area contributed by atoms with Crippen LogP contribution in [0.4, 0.5) is 13.2 Å². The van der Waals surface area contributed by atoms with Crippen LogP contribution < -0.4 is 0 Å². The molecule has 5 nitrogen and oxygen atoms in total. The lowest BCUT2D eigenvalue weighted by Gasteiger charge is -2.23. The number of benzene rings is 1. The number of aromatic nitrogens is 3. The van der Waals surface area contributed by atoms with Crippen LogP contribution >= 0.6 is 0 Å². The molecule has 3 aromatic rings. The van der Waals surface area contributed by atoms with E-state index in [0.29, 0.717) is 6.42 Å². The number of carbonyl (C=O) groups excluding carboxylic acids is 1. The fourth-order valence-corrected chi connectivity index (χ4v) is 2.65. The van der Waals surface area contributed by atoms with Gasteiger partial charge >= 0.3 is 6.18 Å². The highest BCUT2D eigenvalue weighted by Gasteiger charge is 2.33. The van der Waals surface area contributed by atoms with Gasteiger partial charge in [-0.25, -0.2) is 9.97 Å². The van der Waals surface area contributed by atoms with Crippen LogP contribution in [-0.2, 0) is 6.42 Å². The molecule has 0 unspecified atom stereocenters. The van der Waals surface area contributed by atoms with E-state index in [0.717, 1.165) is 21.4 Å². The summed E-state index contributed by atoms with van der Waals surface area (Å²) in [7, 11) is 0. The van der Waals surface area contributed by atoms with Gasteiger partial charge in [0.25, 0.3) is 5.91 Å². The highest BCUT2D eigenvalue weighted by molar-refractivity contribution is 5.93. The number of rotatable bonds is 5. The molecule has 0 aliphatic heterocycles. The summed E-state index contributed by atoms with van der Waals surface area (Å²) in [6, 6.07) is 7.51. The average Bonchev–Trinajstić information content (AvgIpc) is 3.01. The minimum atomic E-state index is -4.48. The first-order valence-electron chi connectivity index (χ1n) is 7.60. The molecule has 1 aromatic carbocycles. The quantitative estimate of drug-likeness (QED) is 0.770. The first-order valence-corrected chi connectivity index (χ1v) is 7.60. The second-order valence-corrected chi connectivity index (χ2v) is 5.58. The number of aromatic amines is 1. The topological polar surface area (TPSA) is 61.9 Å². The lowest BCUT2D eigenvalue weighted by Crippen LogP contribution is -2.40. The number of hydrogen-bond acceptors (Lipinski definition) is 3. The van der Waals surface area contributed by atoms with Gasteiger partial charge in [0.2, 0.25) is 0 Å². The van der Waals surface area contributed by atoms with Crippen LogP contribution in [0.15, 0.2) is 49.2 Å². The molecule has 0 atom stereocenters. The van der Waals surface area contributed by atoms with Gasteiger partial charge in [-0.05, 0) is 18.1 Å². The van der Waals surface area contributed by atoms with Crippen LogP contribution in [0.3, 0.4) is 0 Å². The number of nitrogens with zero attached hydrogens (tertiary/aromatic N) is 3. The molecular weight excluding hydrogens is 333 g/mol. The van der Waals surface area contributed by atoms with Gasteiger partial charge in [0, 0.05) is 36.0 Å². The van der Waals surface area contributed by atoms with Gasteiger partial charge in [0.05, 0.1) is 5.56 Å². The Balaban J connectivity index is 1.79. The van der Waals surface area contributed by atoms with E-state index in [1.807, 2.05) is 24.3 Å². The van der Waals surface area contributed by atoms with E-state index >= 15 is 0 Å². The molecular formula is C17H15F3N4O. The Kier molecular flexibility index (Phi) is 4.69. The van der Waals surface area contributed by atoms with Crippen LogP contribution in [0, 0.1) is 0 Å². The fraction of sp³-hybridized carbons (Fsp3) is 0.235. The van der Waals surface area contributed by atoms with Gasteiger partial charge in [0.1, 0.15) is 12.9 Å². The van der Waals surface area contributed by atoms with Crippen molar-refractivity contribution in [2.24, 2.45) is 0 Å². The third-order valence-corrected chi connectivity index (χ3v) is 3.79. The number of halogens is 3. The fourth-order valence-electron chi connectivity index (χ4n) is 2.65. The smallest absolute Gasteiger partial charge is 0.361 e. The molecule has 0 spiro atoms. The van der Waals surface area contributed by atoms with E-state index in [9.17, 15) is 18.0 Å². The number of alkyl halides is 3. The van der Waals surface area contributed by atoms with Crippen LogP contribution in [0.25, 0.3) is 10.9 Å². The summed E-state index contributed by atoms with van der Waals surface area (Å²) in [4.78, 5) is 23.6. The van der Waals surface area contributed by atoms with Crippen molar-refractivity contribution in [3.63, 3.8) is 0 Å². The van der Waals surface area contributed by atoms with E-state index in [1.165, 1.54) is 18.7 Å². The largest absolute Gasteiger partial charge is 0.406 e. The van der Waals surface area contributed by atoms with Gasteiger partial charge in [-0.3, -0.25) is 4.79 Å². The number of hydrogen-bond donors (Lipinski definition) is 1. The van der Waals surface area contributed by atoms with Crippen molar-refractivity contribution < 1.29 is 18.0 Å². The molecule has 0 radical (unpaired) electrons. The van der Waals surface area contributed by atoms with E-state index < -0.39 is 18.6 Å². The predicted molar refractivity (Wildman–Crippen MR) is 86.0 cm³/mol. The number of H-pyrrole nitrogens is 1. The minimum Gasteiger partial charge on any atom is -0.361 e. The van der Waals surface area contributed by atoms with Crippen molar-refractivity contribution in [1.82, 2.24) is 19.9 Å². The Morgan fingerprint density at radius 1 is 1.16 bits per heavy atom. The maximum absolute atomic E-state index is 12.9. The van der Waals surface area contributed by atoms with E-state index in [1.54, 1.807) is 6.20 Å². The Bertz CT molecular complexity index is 861. The summed E-state index contributed by atoms with van der Waals surface area (Å²) < 4.78 is 38.6. The van der Waals surface area contributed by atoms with Gasteiger partial charge in [-0.2, -0.15) is 13.2 Å². The lowest BCUT2D eigenvalue weighted by atomic mass is 10.1. The molecule has 0 saturated heterocycles. The summed E-state index contributed by atoms with van der Waals surface area (Å²) >= 11 is 0. The van der Waals surface area contributed by atoms with E-state index in [4.69, 9.17) is 0 Å². The molecule has 25 heavy (non-hydrogen) atoms. The van der Waals surface area contributed by atoms with Gasteiger partial charge in [0.15, 0.2) is 0 Å².